The van der Waals surface area contributed by atoms with Crippen LogP contribution in [-0.2, 0) is 4.79 Å². The van der Waals surface area contributed by atoms with Crippen molar-refractivity contribution in [3.63, 3.8) is 0 Å². The van der Waals surface area contributed by atoms with Crippen LogP contribution in [0.3, 0.4) is 0 Å². The van der Waals surface area contributed by atoms with Gasteiger partial charge in [0, 0.05) is 10.9 Å². The summed E-state index contributed by atoms with van der Waals surface area (Å²) < 4.78 is 16.4. The lowest BCUT2D eigenvalue weighted by atomic mass is 10.1. The Labute approximate surface area is 180 Å². The Morgan fingerprint density at radius 1 is 1.10 bits per heavy atom. The van der Waals surface area contributed by atoms with Crippen molar-refractivity contribution >= 4 is 28.5 Å². The summed E-state index contributed by atoms with van der Waals surface area (Å²) in [6.07, 6.45) is 3.90. The second-order valence-corrected chi connectivity index (χ2v) is 7.35. The molecular weight excluding hydrogens is 400 g/mol. The zero-order valence-corrected chi connectivity index (χ0v) is 18.2. The van der Waals surface area contributed by atoms with Gasteiger partial charge in [-0.15, -0.1) is 11.3 Å². The number of aromatic nitrogens is 1. The van der Waals surface area contributed by atoms with Crippen molar-refractivity contribution in [1.82, 2.24) is 4.98 Å². The van der Waals surface area contributed by atoms with E-state index in [9.17, 15) is 4.79 Å². The van der Waals surface area contributed by atoms with E-state index in [2.05, 4.69) is 10.3 Å². The highest BCUT2D eigenvalue weighted by Crippen LogP contribution is 2.33. The summed E-state index contributed by atoms with van der Waals surface area (Å²) in [5, 5.41) is 5.16. The van der Waals surface area contributed by atoms with Gasteiger partial charge in [0.2, 0.25) is 0 Å². The number of rotatable bonds is 8. The SMILES string of the molecule is C/C=C/c1ccc(OCC(=O)Nc2nc(-c3cc(C)ccc3OC)cs2)c(OC)c1. The van der Waals surface area contributed by atoms with Gasteiger partial charge in [0.25, 0.3) is 5.91 Å². The fourth-order valence-electron chi connectivity index (χ4n) is 2.88. The standard InChI is InChI=1S/C23H24N2O4S/c1-5-6-16-8-10-20(21(12-16)28-4)29-13-22(26)25-23-24-18(14-30-23)17-11-15(2)7-9-19(17)27-3/h5-12,14H,13H2,1-4H3,(H,24,25,26)/b6-5+. The van der Waals surface area contributed by atoms with Crippen LogP contribution < -0.4 is 19.5 Å². The molecule has 3 rings (SSSR count). The lowest BCUT2D eigenvalue weighted by Gasteiger charge is -2.11. The van der Waals surface area contributed by atoms with E-state index in [0.29, 0.717) is 16.6 Å². The number of nitrogens with one attached hydrogen (secondary N) is 1. The van der Waals surface area contributed by atoms with Gasteiger partial charge in [-0.3, -0.25) is 10.1 Å². The predicted octanol–water partition coefficient (Wildman–Crippen LogP) is 5.19. The van der Waals surface area contributed by atoms with Crippen molar-refractivity contribution in [1.29, 1.82) is 0 Å². The Morgan fingerprint density at radius 2 is 1.87 bits per heavy atom. The molecule has 0 spiro atoms. The Morgan fingerprint density at radius 3 is 2.60 bits per heavy atom. The number of thiazole rings is 1. The van der Waals surface area contributed by atoms with Crippen LogP contribution in [-0.4, -0.2) is 31.7 Å². The average molecular weight is 425 g/mol. The molecule has 0 radical (unpaired) electrons. The van der Waals surface area contributed by atoms with E-state index < -0.39 is 0 Å². The van der Waals surface area contributed by atoms with E-state index in [0.717, 1.165) is 28.1 Å². The van der Waals surface area contributed by atoms with Crippen LogP contribution in [0.2, 0.25) is 0 Å². The van der Waals surface area contributed by atoms with Crippen molar-refractivity contribution in [2.75, 3.05) is 26.1 Å². The summed E-state index contributed by atoms with van der Waals surface area (Å²) in [5.41, 5.74) is 3.73. The minimum Gasteiger partial charge on any atom is -0.496 e. The maximum absolute atomic E-state index is 12.3. The number of carbonyl (C=O) groups is 1. The third-order valence-electron chi connectivity index (χ3n) is 4.29. The molecule has 1 amide bonds. The first-order valence-electron chi connectivity index (χ1n) is 9.38. The summed E-state index contributed by atoms with van der Waals surface area (Å²) >= 11 is 1.35. The molecule has 0 aliphatic carbocycles. The summed E-state index contributed by atoms with van der Waals surface area (Å²) in [4.78, 5) is 16.8. The minimum absolute atomic E-state index is 0.151. The van der Waals surface area contributed by atoms with Gasteiger partial charge in [0.1, 0.15) is 5.75 Å². The number of hydrogen-bond donors (Lipinski definition) is 1. The number of carbonyl (C=O) groups excluding carboxylic acids is 1. The number of anilines is 1. The van der Waals surface area contributed by atoms with Gasteiger partial charge in [-0.05, 0) is 43.7 Å². The van der Waals surface area contributed by atoms with Crippen LogP contribution in [0.1, 0.15) is 18.1 Å². The summed E-state index contributed by atoms with van der Waals surface area (Å²) in [6, 6.07) is 11.4. The van der Waals surface area contributed by atoms with Crippen LogP contribution in [0, 0.1) is 6.92 Å². The molecule has 3 aromatic rings. The van der Waals surface area contributed by atoms with Crippen LogP contribution in [0.25, 0.3) is 17.3 Å². The van der Waals surface area contributed by atoms with Gasteiger partial charge in [-0.1, -0.05) is 29.8 Å². The van der Waals surface area contributed by atoms with E-state index in [1.165, 1.54) is 11.3 Å². The van der Waals surface area contributed by atoms with E-state index in [-0.39, 0.29) is 12.5 Å². The van der Waals surface area contributed by atoms with E-state index >= 15 is 0 Å². The first-order valence-corrected chi connectivity index (χ1v) is 10.3. The monoisotopic (exact) mass is 424 g/mol. The topological polar surface area (TPSA) is 69.7 Å². The Balaban J connectivity index is 1.65. The van der Waals surface area contributed by atoms with E-state index in [1.54, 1.807) is 20.3 Å². The number of amides is 1. The Bertz CT molecular complexity index is 1060. The number of allylic oxidation sites excluding steroid dienone is 1. The summed E-state index contributed by atoms with van der Waals surface area (Å²) in [7, 11) is 3.19. The molecule has 0 bridgehead atoms. The zero-order chi connectivity index (χ0) is 21.5. The Hall–Kier alpha value is -3.32. The largest absolute Gasteiger partial charge is 0.496 e. The number of hydrogen-bond acceptors (Lipinski definition) is 6. The zero-order valence-electron chi connectivity index (χ0n) is 17.4. The molecule has 0 aliphatic heterocycles. The quantitative estimate of drug-likeness (QED) is 0.539. The molecule has 1 heterocycles. The molecule has 7 heteroatoms. The normalized spacial score (nSPS) is 10.8. The summed E-state index contributed by atoms with van der Waals surface area (Å²) in [5.74, 6) is 1.51. The molecule has 30 heavy (non-hydrogen) atoms. The third kappa shape index (κ3) is 5.18. The van der Waals surface area contributed by atoms with Gasteiger partial charge in [-0.25, -0.2) is 4.98 Å². The van der Waals surface area contributed by atoms with Crippen LogP contribution >= 0.6 is 11.3 Å². The summed E-state index contributed by atoms with van der Waals surface area (Å²) in [6.45, 7) is 3.80. The lowest BCUT2D eigenvalue weighted by molar-refractivity contribution is -0.118. The highest BCUT2D eigenvalue weighted by atomic mass is 32.1. The molecule has 0 unspecified atom stereocenters. The molecule has 6 nitrogen and oxygen atoms in total. The molecule has 0 saturated carbocycles. The van der Waals surface area contributed by atoms with Gasteiger partial charge in [0.05, 0.1) is 19.9 Å². The van der Waals surface area contributed by atoms with Crippen molar-refractivity contribution in [3.05, 3.63) is 59.0 Å². The molecule has 0 fully saturated rings. The van der Waals surface area contributed by atoms with E-state index in [1.807, 2.05) is 61.7 Å². The molecule has 0 saturated heterocycles. The molecule has 2 aromatic carbocycles. The fourth-order valence-corrected chi connectivity index (χ4v) is 3.60. The first kappa shape index (κ1) is 21.4. The van der Waals surface area contributed by atoms with Crippen molar-refractivity contribution in [3.8, 4) is 28.5 Å². The van der Waals surface area contributed by atoms with Gasteiger partial charge >= 0.3 is 0 Å². The minimum atomic E-state index is -0.299. The van der Waals surface area contributed by atoms with Crippen LogP contribution in [0.5, 0.6) is 17.2 Å². The number of ether oxygens (including phenoxy) is 3. The molecule has 156 valence electrons. The third-order valence-corrected chi connectivity index (χ3v) is 5.04. The molecule has 1 aromatic heterocycles. The average Bonchev–Trinajstić information content (AvgIpc) is 3.21. The smallest absolute Gasteiger partial charge is 0.264 e. The van der Waals surface area contributed by atoms with Crippen molar-refractivity contribution in [2.45, 2.75) is 13.8 Å². The first-order chi connectivity index (χ1) is 14.5. The number of nitrogens with zero attached hydrogens (tertiary/aromatic N) is 1. The number of aryl methyl sites for hydroxylation is 1. The van der Waals surface area contributed by atoms with Crippen LogP contribution in [0.15, 0.2) is 47.9 Å². The second-order valence-electron chi connectivity index (χ2n) is 6.49. The molecular formula is C23H24N2O4S. The predicted molar refractivity (Wildman–Crippen MR) is 121 cm³/mol. The van der Waals surface area contributed by atoms with E-state index in [4.69, 9.17) is 14.2 Å². The van der Waals surface area contributed by atoms with Gasteiger partial charge in [0.15, 0.2) is 23.2 Å². The maximum Gasteiger partial charge on any atom is 0.264 e. The Kier molecular flexibility index (Phi) is 7.08. The molecule has 0 aliphatic rings. The lowest BCUT2D eigenvalue weighted by Crippen LogP contribution is -2.20. The molecule has 1 N–H and O–H groups in total. The number of benzene rings is 2. The molecule has 0 atom stereocenters. The van der Waals surface area contributed by atoms with Crippen LogP contribution in [0.4, 0.5) is 5.13 Å². The fraction of sp³-hybridized carbons (Fsp3) is 0.217. The highest BCUT2D eigenvalue weighted by Gasteiger charge is 2.13. The second kappa shape index (κ2) is 9.93. The number of methoxy groups -OCH3 is 2. The van der Waals surface area contributed by atoms with Crippen molar-refractivity contribution < 1.29 is 19.0 Å². The van der Waals surface area contributed by atoms with Gasteiger partial charge < -0.3 is 14.2 Å². The van der Waals surface area contributed by atoms with Gasteiger partial charge in [-0.2, -0.15) is 0 Å². The highest BCUT2D eigenvalue weighted by molar-refractivity contribution is 7.14. The maximum atomic E-state index is 12.3. The van der Waals surface area contributed by atoms with Crippen molar-refractivity contribution in [2.24, 2.45) is 0 Å².